The number of aromatic amines is 1. The van der Waals surface area contributed by atoms with Crippen molar-refractivity contribution in [1.82, 2.24) is 20.2 Å². The van der Waals surface area contributed by atoms with Gasteiger partial charge in [-0.3, -0.25) is 19.5 Å². The molecule has 0 radical (unpaired) electrons. The maximum Gasteiger partial charge on any atom is 0.252 e. The van der Waals surface area contributed by atoms with Crippen molar-refractivity contribution in [2.75, 3.05) is 25.0 Å². The molecule has 2 heterocycles. The summed E-state index contributed by atoms with van der Waals surface area (Å²) < 4.78 is 0. The van der Waals surface area contributed by atoms with Crippen LogP contribution >= 0.6 is 0 Å². The van der Waals surface area contributed by atoms with E-state index in [0.29, 0.717) is 24.7 Å². The molecule has 3 rings (SSSR count). The van der Waals surface area contributed by atoms with Gasteiger partial charge in [-0.1, -0.05) is 30.3 Å². The summed E-state index contributed by atoms with van der Waals surface area (Å²) >= 11 is 0. The second-order valence-electron chi connectivity index (χ2n) is 6.57. The highest BCUT2D eigenvalue weighted by Crippen LogP contribution is 2.20. The van der Waals surface area contributed by atoms with E-state index in [2.05, 4.69) is 37.6 Å². The van der Waals surface area contributed by atoms with Crippen LogP contribution in [-0.2, 0) is 11.3 Å². The second-order valence-corrected chi connectivity index (χ2v) is 6.57. The van der Waals surface area contributed by atoms with Crippen LogP contribution in [0.15, 0.2) is 41.2 Å². The number of carbonyl (C=O) groups excluding carboxylic acids is 1. The van der Waals surface area contributed by atoms with Gasteiger partial charge in [0.1, 0.15) is 0 Å². The Hall–Kier alpha value is -2.67. The number of aryl methyl sites for hydroxylation is 1. The van der Waals surface area contributed by atoms with Crippen LogP contribution in [0, 0.1) is 6.92 Å². The van der Waals surface area contributed by atoms with E-state index in [1.54, 1.807) is 6.92 Å². The van der Waals surface area contributed by atoms with Crippen molar-refractivity contribution >= 4 is 11.9 Å². The zero-order valence-corrected chi connectivity index (χ0v) is 15.0. The molecule has 7 nitrogen and oxygen atoms in total. The summed E-state index contributed by atoms with van der Waals surface area (Å²) in [7, 11) is 0. The molecule has 1 aliphatic heterocycles. The number of benzene rings is 1. The lowest BCUT2D eigenvalue weighted by Crippen LogP contribution is -2.44. The van der Waals surface area contributed by atoms with Gasteiger partial charge in [-0.05, 0) is 31.9 Å². The molecule has 26 heavy (non-hydrogen) atoms. The Morgan fingerprint density at radius 2 is 2.12 bits per heavy atom. The number of H-pyrrole nitrogens is 1. The van der Waals surface area contributed by atoms with Crippen molar-refractivity contribution < 1.29 is 4.79 Å². The van der Waals surface area contributed by atoms with Gasteiger partial charge in [-0.2, -0.15) is 0 Å². The summed E-state index contributed by atoms with van der Waals surface area (Å²) in [5.74, 6) is 0.488. The van der Waals surface area contributed by atoms with Crippen LogP contribution in [0.25, 0.3) is 0 Å². The summed E-state index contributed by atoms with van der Waals surface area (Å²) in [6.07, 6.45) is 1.93. The van der Waals surface area contributed by atoms with E-state index < -0.39 is 0 Å². The summed E-state index contributed by atoms with van der Waals surface area (Å²) in [4.78, 5) is 33.0. The first kappa shape index (κ1) is 18.1. The molecule has 7 heteroatoms. The minimum Gasteiger partial charge on any atom is -0.354 e. The minimum atomic E-state index is -0.188. The third kappa shape index (κ3) is 4.92. The lowest BCUT2D eigenvalue weighted by molar-refractivity contribution is -0.125. The number of nitrogens with zero attached hydrogens (tertiary/aromatic N) is 2. The van der Waals surface area contributed by atoms with Crippen molar-refractivity contribution in [1.29, 1.82) is 0 Å². The van der Waals surface area contributed by atoms with Crippen LogP contribution in [0.2, 0.25) is 0 Å². The molecule has 1 saturated heterocycles. The molecule has 2 aromatic rings. The van der Waals surface area contributed by atoms with E-state index in [1.165, 1.54) is 11.6 Å². The average Bonchev–Trinajstić information content (AvgIpc) is 3.07. The standard InChI is InChI=1S/C19H25N5O2/c1-14-12-17(25)23-19(22-14)21-10-9-20-18(26)16-8-5-11-24(16)13-15-6-3-2-4-7-15/h2-4,6-7,12,16H,5,8-11,13H2,1H3,(H,20,26)(H2,21,22,23,25). The van der Waals surface area contributed by atoms with E-state index in [1.807, 2.05) is 18.2 Å². The minimum absolute atomic E-state index is 0.0610. The molecule has 3 N–H and O–H groups in total. The third-order valence-corrected chi connectivity index (χ3v) is 4.48. The van der Waals surface area contributed by atoms with Crippen molar-refractivity contribution in [2.24, 2.45) is 0 Å². The van der Waals surface area contributed by atoms with Crippen LogP contribution in [0.3, 0.4) is 0 Å². The Labute approximate surface area is 152 Å². The predicted octanol–water partition coefficient (Wildman–Crippen LogP) is 1.27. The normalized spacial score (nSPS) is 17.2. The van der Waals surface area contributed by atoms with Crippen molar-refractivity contribution in [3.63, 3.8) is 0 Å². The van der Waals surface area contributed by atoms with Gasteiger partial charge in [0.25, 0.3) is 5.56 Å². The Kier molecular flexibility index (Phi) is 6.01. The van der Waals surface area contributed by atoms with E-state index in [4.69, 9.17) is 0 Å². The van der Waals surface area contributed by atoms with Crippen LogP contribution in [0.1, 0.15) is 24.1 Å². The van der Waals surface area contributed by atoms with Gasteiger partial charge in [0.2, 0.25) is 11.9 Å². The molecular formula is C19H25N5O2. The highest BCUT2D eigenvalue weighted by atomic mass is 16.2. The van der Waals surface area contributed by atoms with Crippen LogP contribution < -0.4 is 16.2 Å². The molecule has 0 bridgehead atoms. The fraction of sp³-hybridized carbons (Fsp3) is 0.421. The molecule has 1 fully saturated rings. The number of anilines is 1. The van der Waals surface area contributed by atoms with Crippen LogP contribution in [0.5, 0.6) is 0 Å². The van der Waals surface area contributed by atoms with Crippen molar-refractivity contribution in [3.05, 3.63) is 58.0 Å². The van der Waals surface area contributed by atoms with Gasteiger partial charge in [0.15, 0.2) is 0 Å². The first-order chi connectivity index (χ1) is 12.6. The number of nitrogens with one attached hydrogen (secondary N) is 3. The lowest BCUT2D eigenvalue weighted by atomic mass is 10.1. The van der Waals surface area contributed by atoms with E-state index >= 15 is 0 Å². The number of hydrogen-bond donors (Lipinski definition) is 3. The maximum absolute atomic E-state index is 12.5. The number of carbonyl (C=O) groups is 1. The summed E-state index contributed by atoms with van der Waals surface area (Å²) in [6.45, 7) is 4.49. The number of rotatable bonds is 7. The largest absolute Gasteiger partial charge is 0.354 e. The Bertz CT molecular complexity index is 790. The summed E-state index contributed by atoms with van der Waals surface area (Å²) in [5, 5.41) is 6.01. The number of aromatic nitrogens is 2. The average molecular weight is 355 g/mol. The SMILES string of the molecule is Cc1cc(=O)[nH]c(NCCNC(=O)C2CCCN2Cc2ccccc2)n1. The van der Waals surface area contributed by atoms with Gasteiger partial charge in [-0.15, -0.1) is 0 Å². The first-order valence-corrected chi connectivity index (χ1v) is 8.99. The molecule has 1 amide bonds. The molecule has 1 aromatic heterocycles. The topological polar surface area (TPSA) is 90.1 Å². The van der Waals surface area contributed by atoms with Crippen LogP contribution in [-0.4, -0.2) is 46.5 Å². The van der Waals surface area contributed by atoms with Crippen molar-refractivity contribution in [2.45, 2.75) is 32.4 Å². The van der Waals surface area contributed by atoms with Gasteiger partial charge in [-0.25, -0.2) is 4.98 Å². The summed E-state index contributed by atoms with van der Waals surface area (Å²) in [6, 6.07) is 11.6. The van der Waals surface area contributed by atoms with E-state index in [9.17, 15) is 9.59 Å². The molecule has 0 aliphatic carbocycles. The molecule has 138 valence electrons. The number of likely N-dealkylation sites (tertiary alicyclic amines) is 1. The Morgan fingerprint density at radius 3 is 2.88 bits per heavy atom. The smallest absolute Gasteiger partial charge is 0.252 e. The van der Waals surface area contributed by atoms with Gasteiger partial charge in [0, 0.05) is 31.4 Å². The molecule has 1 aliphatic rings. The predicted molar refractivity (Wildman–Crippen MR) is 101 cm³/mol. The number of hydrogen-bond acceptors (Lipinski definition) is 5. The number of amides is 1. The van der Waals surface area contributed by atoms with Gasteiger partial charge in [0.05, 0.1) is 6.04 Å². The lowest BCUT2D eigenvalue weighted by Gasteiger charge is -2.23. The second kappa shape index (κ2) is 8.62. The Balaban J connectivity index is 1.45. The zero-order valence-electron chi connectivity index (χ0n) is 15.0. The fourth-order valence-electron chi connectivity index (χ4n) is 3.28. The van der Waals surface area contributed by atoms with Gasteiger partial charge >= 0.3 is 0 Å². The first-order valence-electron chi connectivity index (χ1n) is 8.99. The molecule has 0 spiro atoms. The summed E-state index contributed by atoms with van der Waals surface area (Å²) in [5.41, 5.74) is 1.69. The van der Waals surface area contributed by atoms with Gasteiger partial charge < -0.3 is 10.6 Å². The van der Waals surface area contributed by atoms with E-state index in [0.717, 1.165) is 25.9 Å². The molecule has 0 saturated carbocycles. The monoisotopic (exact) mass is 355 g/mol. The highest BCUT2D eigenvalue weighted by molar-refractivity contribution is 5.82. The van der Waals surface area contributed by atoms with Crippen LogP contribution in [0.4, 0.5) is 5.95 Å². The molecule has 1 atom stereocenters. The van der Waals surface area contributed by atoms with E-state index in [-0.39, 0.29) is 17.5 Å². The molecule has 1 aromatic carbocycles. The fourth-order valence-corrected chi connectivity index (χ4v) is 3.28. The Morgan fingerprint density at radius 1 is 1.31 bits per heavy atom. The highest BCUT2D eigenvalue weighted by Gasteiger charge is 2.30. The molecular weight excluding hydrogens is 330 g/mol. The van der Waals surface area contributed by atoms with Crippen molar-refractivity contribution in [3.8, 4) is 0 Å². The molecule has 1 unspecified atom stereocenters. The maximum atomic E-state index is 12.5. The third-order valence-electron chi connectivity index (χ3n) is 4.48. The quantitative estimate of drug-likeness (QED) is 0.651. The zero-order chi connectivity index (χ0) is 18.4.